The standard InChI is InChI=1S/C11H17BrN4O3/c1-2-4-16-11(18)10(12)8(6-15-16)14-3-5-19-7-9(13)17/h6,14H,2-5,7H2,1H3,(H2,13,17). The first-order valence-electron chi connectivity index (χ1n) is 5.91. The summed E-state index contributed by atoms with van der Waals surface area (Å²) in [6.07, 6.45) is 2.42. The summed E-state index contributed by atoms with van der Waals surface area (Å²) in [6, 6.07) is 0. The summed E-state index contributed by atoms with van der Waals surface area (Å²) in [4.78, 5) is 22.3. The van der Waals surface area contributed by atoms with Crippen molar-refractivity contribution >= 4 is 27.5 Å². The largest absolute Gasteiger partial charge is 0.380 e. The van der Waals surface area contributed by atoms with Crippen LogP contribution in [0.1, 0.15) is 13.3 Å². The fourth-order valence-electron chi connectivity index (χ4n) is 1.39. The maximum atomic E-state index is 11.9. The minimum absolute atomic E-state index is 0.112. The lowest BCUT2D eigenvalue weighted by Gasteiger charge is -2.09. The van der Waals surface area contributed by atoms with E-state index in [0.717, 1.165) is 6.42 Å². The maximum absolute atomic E-state index is 11.9. The van der Waals surface area contributed by atoms with Gasteiger partial charge in [-0.05, 0) is 22.4 Å². The zero-order chi connectivity index (χ0) is 14.3. The summed E-state index contributed by atoms with van der Waals surface area (Å²) in [6.45, 7) is 3.21. The lowest BCUT2D eigenvalue weighted by molar-refractivity contribution is -0.122. The molecule has 7 nitrogen and oxygen atoms in total. The van der Waals surface area contributed by atoms with E-state index in [1.165, 1.54) is 4.68 Å². The van der Waals surface area contributed by atoms with Crippen LogP contribution in [0.2, 0.25) is 0 Å². The first kappa shape index (κ1) is 15.6. The predicted octanol–water partition coefficient (Wildman–Crippen LogP) is 0.330. The average molecular weight is 333 g/mol. The Morgan fingerprint density at radius 3 is 3.00 bits per heavy atom. The van der Waals surface area contributed by atoms with Crippen LogP contribution in [0, 0.1) is 0 Å². The molecule has 0 aliphatic heterocycles. The SMILES string of the molecule is CCCn1ncc(NCCOCC(N)=O)c(Br)c1=O. The second-order valence-corrected chi connectivity index (χ2v) is 4.64. The van der Waals surface area contributed by atoms with E-state index < -0.39 is 5.91 Å². The first-order valence-corrected chi connectivity index (χ1v) is 6.71. The minimum Gasteiger partial charge on any atom is -0.380 e. The highest BCUT2D eigenvalue weighted by molar-refractivity contribution is 9.10. The molecule has 19 heavy (non-hydrogen) atoms. The van der Waals surface area contributed by atoms with Crippen molar-refractivity contribution in [3.63, 3.8) is 0 Å². The number of nitrogens with two attached hydrogens (primary N) is 1. The van der Waals surface area contributed by atoms with Crippen molar-refractivity contribution in [1.82, 2.24) is 9.78 Å². The molecular weight excluding hydrogens is 316 g/mol. The van der Waals surface area contributed by atoms with Crippen LogP contribution in [-0.4, -0.2) is 35.4 Å². The number of halogens is 1. The fourth-order valence-corrected chi connectivity index (χ4v) is 1.84. The topological polar surface area (TPSA) is 99.2 Å². The van der Waals surface area contributed by atoms with E-state index in [-0.39, 0.29) is 12.2 Å². The van der Waals surface area contributed by atoms with E-state index in [4.69, 9.17) is 10.5 Å². The molecule has 0 saturated carbocycles. The van der Waals surface area contributed by atoms with E-state index in [9.17, 15) is 9.59 Å². The van der Waals surface area contributed by atoms with Gasteiger partial charge >= 0.3 is 0 Å². The number of hydrogen-bond donors (Lipinski definition) is 2. The van der Waals surface area contributed by atoms with Crippen LogP contribution in [0.25, 0.3) is 0 Å². The molecule has 0 unspecified atom stereocenters. The normalized spacial score (nSPS) is 10.4. The van der Waals surface area contributed by atoms with Crippen molar-refractivity contribution in [3.8, 4) is 0 Å². The van der Waals surface area contributed by atoms with Gasteiger partial charge in [0, 0.05) is 13.1 Å². The summed E-state index contributed by atoms with van der Waals surface area (Å²) < 4.78 is 6.83. The molecule has 0 aliphatic rings. The van der Waals surface area contributed by atoms with Gasteiger partial charge in [-0.15, -0.1) is 0 Å². The molecule has 1 aromatic heterocycles. The van der Waals surface area contributed by atoms with Crippen LogP contribution >= 0.6 is 15.9 Å². The van der Waals surface area contributed by atoms with Gasteiger partial charge in [-0.25, -0.2) is 4.68 Å². The van der Waals surface area contributed by atoms with E-state index in [0.29, 0.717) is 29.9 Å². The van der Waals surface area contributed by atoms with Crippen LogP contribution in [0.5, 0.6) is 0 Å². The average Bonchev–Trinajstić information content (AvgIpc) is 2.37. The van der Waals surface area contributed by atoms with Gasteiger partial charge in [0.1, 0.15) is 11.1 Å². The molecule has 1 amide bonds. The Morgan fingerprint density at radius 2 is 2.37 bits per heavy atom. The third-order valence-corrected chi connectivity index (χ3v) is 2.99. The van der Waals surface area contributed by atoms with Gasteiger partial charge in [0.05, 0.1) is 18.5 Å². The van der Waals surface area contributed by atoms with Crippen LogP contribution in [0.4, 0.5) is 5.69 Å². The number of nitrogens with one attached hydrogen (secondary N) is 1. The molecule has 106 valence electrons. The number of anilines is 1. The van der Waals surface area contributed by atoms with Crippen molar-refractivity contribution in [3.05, 3.63) is 21.0 Å². The van der Waals surface area contributed by atoms with E-state index in [1.807, 2.05) is 6.92 Å². The fraction of sp³-hybridized carbons (Fsp3) is 0.545. The lowest BCUT2D eigenvalue weighted by Crippen LogP contribution is -2.25. The second kappa shape index (κ2) is 7.90. The summed E-state index contributed by atoms with van der Waals surface area (Å²) in [5, 5.41) is 7.05. The zero-order valence-electron chi connectivity index (χ0n) is 10.7. The minimum atomic E-state index is -0.509. The number of ether oxygens (including phenoxy) is 1. The van der Waals surface area contributed by atoms with Crippen LogP contribution in [0.3, 0.4) is 0 Å². The number of hydrogen-bond acceptors (Lipinski definition) is 5. The molecule has 0 aliphatic carbocycles. The molecule has 0 radical (unpaired) electrons. The number of aryl methyl sites for hydroxylation is 1. The molecule has 1 heterocycles. The Hall–Kier alpha value is -1.41. The molecular formula is C11H17BrN4O3. The number of amides is 1. The Kier molecular flexibility index (Phi) is 6.51. The van der Waals surface area contributed by atoms with Crippen LogP contribution < -0.4 is 16.6 Å². The Balaban J connectivity index is 2.53. The number of nitrogens with zero attached hydrogens (tertiary/aromatic N) is 2. The predicted molar refractivity (Wildman–Crippen MR) is 75.0 cm³/mol. The smallest absolute Gasteiger partial charge is 0.283 e. The molecule has 0 saturated heterocycles. The molecule has 1 rings (SSSR count). The molecule has 0 aromatic carbocycles. The molecule has 0 spiro atoms. The summed E-state index contributed by atoms with van der Waals surface area (Å²) in [5.41, 5.74) is 5.35. The van der Waals surface area contributed by atoms with Crippen molar-refractivity contribution in [1.29, 1.82) is 0 Å². The third kappa shape index (κ3) is 4.99. The van der Waals surface area contributed by atoms with Crippen molar-refractivity contribution in [2.45, 2.75) is 19.9 Å². The van der Waals surface area contributed by atoms with Gasteiger partial charge < -0.3 is 15.8 Å². The van der Waals surface area contributed by atoms with Gasteiger partial charge in [0.2, 0.25) is 5.91 Å². The Morgan fingerprint density at radius 1 is 1.63 bits per heavy atom. The highest BCUT2D eigenvalue weighted by atomic mass is 79.9. The van der Waals surface area contributed by atoms with Gasteiger partial charge in [-0.3, -0.25) is 9.59 Å². The van der Waals surface area contributed by atoms with Gasteiger partial charge in [0.25, 0.3) is 5.56 Å². The number of carbonyl (C=O) groups excluding carboxylic acids is 1. The number of aromatic nitrogens is 2. The van der Waals surface area contributed by atoms with E-state index in [2.05, 4.69) is 26.3 Å². The number of carbonyl (C=O) groups is 1. The summed E-state index contributed by atoms with van der Waals surface area (Å²) in [5.74, 6) is -0.509. The molecule has 3 N–H and O–H groups in total. The Labute approximate surface area is 119 Å². The zero-order valence-corrected chi connectivity index (χ0v) is 12.3. The van der Waals surface area contributed by atoms with E-state index in [1.54, 1.807) is 6.20 Å². The second-order valence-electron chi connectivity index (χ2n) is 3.85. The molecule has 0 fully saturated rings. The molecule has 8 heteroatoms. The first-order chi connectivity index (χ1) is 9.06. The van der Waals surface area contributed by atoms with Crippen molar-refractivity contribution < 1.29 is 9.53 Å². The number of rotatable bonds is 8. The summed E-state index contributed by atoms with van der Waals surface area (Å²) >= 11 is 3.24. The van der Waals surface area contributed by atoms with Gasteiger partial charge in [-0.2, -0.15) is 5.10 Å². The van der Waals surface area contributed by atoms with Crippen LogP contribution in [-0.2, 0) is 16.1 Å². The highest BCUT2D eigenvalue weighted by Gasteiger charge is 2.07. The number of primary amides is 1. The van der Waals surface area contributed by atoms with Gasteiger partial charge in [0.15, 0.2) is 0 Å². The maximum Gasteiger partial charge on any atom is 0.283 e. The molecule has 0 atom stereocenters. The molecule has 0 bridgehead atoms. The van der Waals surface area contributed by atoms with Crippen LogP contribution in [0.15, 0.2) is 15.5 Å². The molecule has 1 aromatic rings. The van der Waals surface area contributed by atoms with Gasteiger partial charge in [-0.1, -0.05) is 6.92 Å². The third-order valence-electron chi connectivity index (χ3n) is 2.23. The van der Waals surface area contributed by atoms with E-state index >= 15 is 0 Å². The van der Waals surface area contributed by atoms with Crippen molar-refractivity contribution in [2.24, 2.45) is 5.73 Å². The highest BCUT2D eigenvalue weighted by Crippen LogP contribution is 2.15. The summed E-state index contributed by atoms with van der Waals surface area (Å²) in [7, 11) is 0. The van der Waals surface area contributed by atoms with Crippen molar-refractivity contribution in [2.75, 3.05) is 25.1 Å². The lowest BCUT2D eigenvalue weighted by atomic mass is 10.4. The Bertz CT molecular complexity index is 489. The monoisotopic (exact) mass is 332 g/mol. The quantitative estimate of drug-likeness (QED) is 0.668.